The number of rotatable bonds is 9. The van der Waals surface area contributed by atoms with E-state index in [1.165, 1.54) is 6.07 Å². The fourth-order valence-electron chi connectivity index (χ4n) is 2.50. The summed E-state index contributed by atoms with van der Waals surface area (Å²) in [6, 6.07) is 4.64. The molecule has 0 aromatic heterocycles. The molecule has 0 bridgehead atoms. The molecule has 0 atom stereocenters. The molecule has 0 radical (unpaired) electrons. The van der Waals surface area contributed by atoms with Gasteiger partial charge in [0.2, 0.25) is 0 Å². The molecule has 1 fully saturated rings. The summed E-state index contributed by atoms with van der Waals surface area (Å²) in [4.78, 5) is 0. The van der Waals surface area contributed by atoms with Gasteiger partial charge in [0.1, 0.15) is 0 Å². The molecule has 0 N–H and O–H groups in total. The van der Waals surface area contributed by atoms with Gasteiger partial charge in [0, 0.05) is 5.41 Å². The molecular formula is C18H25FO3S. The topological polar surface area (TPSA) is 43.4 Å². The van der Waals surface area contributed by atoms with E-state index in [-0.39, 0.29) is 17.3 Å². The van der Waals surface area contributed by atoms with Crippen LogP contribution in [0.25, 0.3) is 0 Å². The Balaban J connectivity index is 2.14. The Labute approximate surface area is 138 Å². The van der Waals surface area contributed by atoms with Gasteiger partial charge in [-0.25, -0.2) is 12.8 Å². The first kappa shape index (κ1) is 18.0. The monoisotopic (exact) mass is 340 g/mol. The van der Waals surface area contributed by atoms with Crippen LogP contribution in [0.4, 0.5) is 4.39 Å². The molecule has 5 heteroatoms. The van der Waals surface area contributed by atoms with Crippen molar-refractivity contribution in [2.45, 2.75) is 38.5 Å². The van der Waals surface area contributed by atoms with Gasteiger partial charge in [-0.05, 0) is 42.9 Å². The van der Waals surface area contributed by atoms with Crippen LogP contribution in [0.1, 0.15) is 38.7 Å². The zero-order chi connectivity index (χ0) is 17.1. The summed E-state index contributed by atoms with van der Waals surface area (Å²) in [5.41, 5.74) is 0.164. The number of allylic oxidation sites excluding steroid dienone is 1. The molecule has 23 heavy (non-hydrogen) atoms. The third-order valence-electron chi connectivity index (χ3n) is 4.10. The van der Waals surface area contributed by atoms with E-state index in [0.717, 1.165) is 18.4 Å². The fourth-order valence-corrected chi connectivity index (χ4v) is 4.43. The van der Waals surface area contributed by atoms with E-state index in [2.05, 4.69) is 6.58 Å². The lowest BCUT2D eigenvalue weighted by Gasteiger charge is -2.25. The number of halogens is 1. The maximum Gasteiger partial charge on any atom is 0.165 e. The highest BCUT2D eigenvalue weighted by molar-refractivity contribution is 7.91. The number of benzene rings is 1. The summed E-state index contributed by atoms with van der Waals surface area (Å²) >= 11 is 0. The fraction of sp³-hybridized carbons (Fsp3) is 0.556. The van der Waals surface area contributed by atoms with Gasteiger partial charge in [-0.15, -0.1) is 6.58 Å². The van der Waals surface area contributed by atoms with Crippen molar-refractivity contribution < 1.29 is 17.5 Å². The average Bonchev–Trinajstić information content (AvgIpc) is 3.27. The van der Waals surface area contributed by atoms with Gasteiger partial charge in [0.05, 0.1) is 18.1 Å². The molecule has 2 rings (SSSR count). The molecular weight excluding hydrogens is 315 g/mol. The van der Waals surface area contributed by atoms with E-state index in [1.807, 2.05) is 13.8 Å². The highest BCUT2D eigenvalue weighted by Gasteiger charge is 2.29. The predicted molar refractivity (Wildman–Crippen MR) is 91.1 cm³/mol. The van der Waals surface area contributed by atoms with Gasteiger partial charge in [-0.3, -0.25) is 0 Å². The molecule has 0 spiro atoms. The van der Waals surface area contributed by atoms with Crippen LogP contribution in [0.5, 0.6) is 5.75 Å². The zero-order valence-corrected chi connectivity index (χ0v) is 14.7. The number of ether oxygens (including phenoxy) is 1. The first-order valence-corrected chi connectivity index (χ1v) is 9.80. The number of hydrogen-bond donors (Lipinski definition) is 0. The lowest BCUT2D eigenvalue weighted by molar-refractivity contribution is 0.284. The van der Waals surface area contributed by atoms with Gasteiger partial charge in [0.25, 0.3) is 0 Å². The molecule has 0 amide bonds. The molecule has 0 saturated heterocycles. The van der Waals surface area contributed by atoms with E-state index in [0.29, 0.717) is 18.9 Å². The van der Waals surface area contributed by atoms with Crippen LogP contribution in [-0.2, 0) is 15.3 Å². The lowest BCUT2D eigenvalue weighted by Crippen LogP contribution is -2.29. The second-order valence-electron chi connectivity index (χ2n) is 6.95. The summed E-state index contributed by atoms with van der Waals surface area (Å²) in [5, 5.41) is 0. The van der Waals surface area contributed by atoms with Crippen molar-refractivity contribution in [2.24, 2.45) is 5.92 Å². The quantitative estimate of drug-likeness (QED) is 0.641. The van der Waals surface area contributed by atoms with Crippen molar-refractivity contribution in [3.63, 3.8) is 0 Å². The minimum Gasteiger partial charge on any atom is -0.490 e. The van der Waals surface area contributed by atoms with Crippen LogP contribution in [0.3, 0.4) is 0 Å². The number of hydrogen-bond acceptors (Lipinski definition) is 3. The summed E-state index contributed by atoms with van der Waals surface area (Å²) in [6.45, 7) is 7.80. The van der Waals surface area contributed by atoms with Crippen molar-refractivity contribution in [1.29, 1.82) is 0 Å². The molecule has 0 unspecified atom stereocenters. The maximum atomic E-state index is 13.9. The standard InChI is InChI=1S/C18H25FO3S/c1-4-5-10-23(20,21)13-18(2,3)15-8-9-16(19)17(11-15)22-12-14-6-7-14/h4,8-9,11,14H,1,5-7,10,12-13H2,2-3H3. The van der Waals surface area contributed by atoms with E-state index in [1.54, 1.807) is 18.2 Å². The largest absolute Gasteiger partial charge is 0.490 e. The normalized spacial score (nSPS) is 15.4. The van der Waals surface area contributed by atoms with Crippen LogP contribution in [0.2, 0.25) is 0 Å². The van der Waals surface area contributed by atoms with E-state index in [4.69, 9.17) is 4.74 Å². The molecule has 0 aliphatic heterocycles. The zero-order valence-electron chi connectivity index (χ0n) is 13.8. The minimum absolute atomic E-state index is 0.0154. The Kier molecular flexibility index (Phi) is 5.50. The summed E-state index contributed by atoms with van der Waals surface area (Å²) in [7, 11) is -3.19. The van der Waals surface area contributed by atoms with Gasteiger partial charge >= 0.3 is 0 Å². The molecule has 0 heterocycles. The molecule has 1 saturated carbocycles. The highest BCUT2D eigenvalue weighted by Crippen LogP contribution is 2.33. The third kappa shape index (κ3) is 5.34. The SMILES string of the molecule is C=CCCS(=O)(=O)CC(C)(C)c1ccc(F)c(OCC2CC2)c1. The summed E-state index contributed by atoms with van der Waals surface area (Å²) in [5.74, 6) is 0.448. The van der Waals surface area contributed by atoms with Crippen LogP contribution < -0.4 is 4.74 Å². The second kappa shape index (κ2) is 7.04. The smallest absolute Gasteiger partial charge is 0.165 e. The van der Waals surface area contributed by atoms with Crippen molar-refractivity contribution in [1.82, 2.24) is 0 Å². The van der Waals surface area contributed by atoms with E-state index in [9.17, 15) is 12.8 Å². The maximum absolute atomic E-state index is 13.9. The Morgan fingerprint density at radius 2 is 2.09 bits per heavy atom. The van der Waals surface area contributed by atoms with Crippen molar-refractivity contribution in [3.8, 4) is 5.75 Å². The Hall–Kier alpha value is -1.36. The minimum atomic E-state index is -3.19. The van der Waals surface area contributed by atoms with Gasteiger partial charge in [0.15, 0.2) is 21.4 Å². The molecule has 3 nitrogen and oxygen atoms in total. The second-order valence-corrected chi connectivity index (χ2v) is 9.14. The highest BCUT2D eigenvalue weighted by atomic mass is 32.2. The third-order valence-corrected chi connectivity index (χ3v) is 6.12. The summed E-state index contributed by atoms with van der Waals surface area (Å²) < 4.78 is 43.8. The Bertz CT molecular complexity index is 661. The molecule has 1 aliphatic carbocycles. The molecule has 1 aromatic rings. The molecule has 1 aliphatic rings. The first-order chi connectivity index (χ1) is 10.7. The van der Waals surface area contributed by atoms with E-state index < -0.39 is 21.1 Å². The van der Waals surface area contributed by atoms with Gasteiger partial charge in [-0.2, -0.15) is 0 Å². The van der Waals surface area contributed by atoms with Crippen molar-refractivity contribution >= 4 is 9.84 Å². The first-order valence-electron chi connectivity index (χ1n) is 7.98. The van der Waals surface area contributed by atoms with Gasteiger partial charge < -0.3 is 4.74 Å². The van der Waals surface area contributed by atoms with Crippen LogP contribution >= 0.6 is 0 Å². The average molecular weight is 340 g/mol. The van der Waals surface area contributed by atoms with Gasteiger partial charge in [-0.1, -0.05) is 26.0 Å². The Morgan fingerprint density at radius 3 is 2.70 bits per heavy atom. The van der Waals surface area contributed by atoms with Crippen molar-refractivity contribution in [3.05, 3.63) is 42.2 Å². The van der Waals surface area contributed by atoms with Crippen molar-refractivity contribution in [2.75, 3.05) is 18.1 Å². The lowest BCUT2D eigenvalue weighted by atomic mass is 9.86. The predicted octanol–water partition coefficient (Wildman–Crippen LogP) is 3.88. The molecule has 128 valence electrons. The van der Waals surface area contributed by atoms with Crippen LogP contribution in [0, 0.1) is 11.7 Å². The van der Waals surface area contributed by atoms with Crippen LogP contribution in [-0.4, -0.2) is 26.5 Å². The Morgan fingerprint density at radius 1 is 1.39 bits per heavy atom. The molecule has 1 aromatic carbocycles. The summed E-state index contributed by atoms with van der Waals surface area (Å²) in [6.07, 6.45) is 4.31. The van der Waals surface area contributed by atoms with Crippen LogP contribution in [0.15, 0.2) is 30.9 Å². The van der Waals surface area contributed by atoms with E-state index >= 15 is 0 Å². The number of sulfone groups is 1.